The highest BCUT2D eigenvalue weighted by molar-refractivity contribution is 6.05. The third-order valence-electron chi connectivity index (χ3n) is 7.12. The minimum Gasteiger partial charge on any atom is -0.391 e. The van der Waals surface area contributed by atoms with Crippen molar-refractivity contribution in [1.29, 1.82) is 0 Å². The number of nitrogens with zero attached hydrogens (tertiary/aromatic N) is 5. The van der Waals surface area contributed by atoms with E-state index in [1.165, 1.54) is 9.58 Å². The molecule has 1 saturated heterocycles. The lowest BCUT2D eigenvalue weighted by atomic mass is 9.92. The number of hydrogen-bond donors (Lipinski definition) is 3. The van der Waals surface area contributed by atoms with Crippen LogP contribution < -0.4 is 11.1 Å². The van der Waals surface area contributed by atoms with Gasteiger partial charge in [0.15, 0.2) is 5.69 Å². The zero-order valence-corrected chi connectivity index (χ0v) is 20.1. The van der Waals surface area contributed by atoms with Crippen molar-refractivity contribution >= 4 is 28.6 Å². The summed E-state index contributed by atoms with van der Waals surface area (Å²) in [4.78, 5) is 39.6. The van der Waals surface area contributed by atoms with Gasteiger partial charge in [-0.1, -0.05) is 18.9 Å². The number of alkyl halides is 1. The van der Waals surface area contributed by atoms with Crippen molar-refractivity contribution in [3.8, 4) is 11.1 Å². The lowest BCUT2D eigenvalue weighted by Gasteiger charge is -2.31. The molecule has 12 heteroatoms. The van der Waals surface area contributed by atoms with Gasteiger partial charge in [-0.15, -0.1) is 0 Å². The molecule has 2 fully saturated rings. The van der Waals surface area contributed by atoms with E-state index in [2.05, 4.69) is 20.6 Å². The smallest absolute Gasteiger partial charge is 0.269 e. The first-order valence-corrected chi connectivity index (χ1v) is 12.3. The van der Waals surface area contributed by atoms with E-state index in [1.807, 2.05) is 0 Å². The van der Waals surface area contributed by atoms with Crippen LogP contribution in [0.1, 0.15) is 42.6 Å². The fraction of sp³-hybridized carbons (Fsp3) is 0.440. The molecule has 0 spiro atoms. The summed E-state index contributed by atoms with van der Waals surface area (Å²) < 4.78 is 15.7. The number of hydrogen-bond acceptors (Lipinski definition) is 7. The van der Waals surface area contributed by atoms with E-state index in [0.29, 0.717) is 23.7 Å². The zero-order valence-electron chi connectivity index (χ0n) is 20.1. The van der Waals surface area contributed by atoms with Crippen molar-refractivity contribution in [1.82, 2.24) is 30.2 Å². The monoisotopic (exact) mass is 509 g/mol. The number of aromatic nitrogens is 4. The third kappa shape index (κ3) is 5.01. The fourth-order valence-electron chi connectivity index (χ4n) is 5.21. The number of halogens is 1. The Morgan fingerprint density at radius 3 is 2.68 bits per heavy atom. The molecule has 4 N–H and O–H groups in total. The van der Waals surface area contributed by atoms with Gasteiger partial charge < -0.3 is 21.1 Å². The van der Waals surface area contributed by atoms with Gasteiger partial charge in [0.1, 0.15) is 18.8 Å². The van der Waals surface area contributed by atoms with Crippen LogP contribution in [0.25, 0.3) is 22.0 Å². The van der Waals surface area contributed by atoms with Gasteiger partial charge in [-0.25, -0.2) is 4.39 Å². The van der Waals surface area contributed by atoms with Crippen LogP contribution in [0, 0.1) is 0 Å². The van der Waals surface area contributed by atoms with Crippen molar-refractivity contribution in [3.05, 3.63) is 42.4 Å². The summed E-state index contributed by atoms with van der Waals surface area (Å²) in [5.41, 5.74) is 7.59. The molecule has 2 aromatic heterocycles. The van der Waals surface area contributed by atoms with Crippen LogP contribution in [-0.4, -0.2) is 78.6 Å². The SMILES string of the molecule is NC(=O)c1nn(CC(=O)N2C[C@H](F)C[C@H]2C(=O)NC2CCCC[C@@H]2O)c2ccc(-c3ccnnc3)cc12. The second-order valence-corrected chi connectivity index (χ2v) is 9.60. The molecular formula is C25H28FN7O4. The number of benzene rings is 1. The number of amides is 3. The molecule has 1 unspecified atom stereocenters. The summed E-state index contributed by atoms with van der Waals surface area (Å²) in [6, 6.07) is 5.62. The lowest BCUT2D eigenvalue weighted by molar-refractivity contribution is -0.139. The molecule has 0 radical (unpaired) electrons. The number of rotatable bonds is 6. The summed E-state index contributed by atoms with van der Waals surface area (Å²) in [6.45, 7) is -0.520. The molecule has 194 valence electrons. The Labute approximate surface area is 211 Å². The van der Waals surface area contributed by atoms with E-state index in [0.717, 1.165) is 24.0 Å². The van der Waals surface area contributed by atoms with Crippen molar-refractivity contribution in [3.63, 3.8) is 0 Å². The highest BCUT2D eigenvalue weighted by Gasteiger charge is 2.41. The minimum absolute atomic E-state index is 0.00275. The number of nitrogens with two attached hydrogens (primary N) is 1. The van der Waals surface area contributed by atoms with Crippen LogP contribution >= 0.6 is 0 Å². The van der Waals surface area contributed by atoms with Crippen LogP contribution in [0.15, 0.2) is 36.7 Å². The Morgan fingerprint density at radius 1 is 1.14 bits per heavy atom. The van der Waals surface area contributed by atoms with Gasteiger partial charge in [0.25, 0.3) is 5.91 Å². The number of carbonyl (C=O) groups is 3. The third-order valence-corrected chi connectivity index (χ3v) is 7.12. The van der Waals surface area contributed by atoms with Crippen LogP contribution in [0.2, 0.25) is 0 Å². The highest BCUT2D eigenvalue weighted by Crippen LogP contribution is 2.27. The number of aliphatic hydroxyl groups excluding tert-OH is 1. The van der Waals surface area contributed by atoms with E-state index < -0.39 is 42.1 Å². The Bertz CT molecular complexity index is 1330. The van der Waals surface area contributed by atoms with E-state index in [9.17, 15) is 23.9 Å². The maximum absolute atomic E-state index is 14.4. The van der Waals surface area contributed by atoms with Crippen LogP contribution in [-0.2, 0) is 16.1 Å². The van der Waals surface area contributed by atoms with Gasteiger partial charge >= 0.3 is 0 Å². The largest absolute Gasteiger partial charge is 0.391 e. The van der Waals surface area contributed by atoms with Crippen molar-refractivity contribution in [2.45, 2.75) is 63.0 Å². The second kappa shape index (κ2) is 10.2. The Morgan fingerprint density at radius 2 is 1.95 bits per heavy atom. The maximum Gasteiger partial charge on any atom is 0.269 e. The first-order chi connectivity index (χ1) is 17.8. The predicted molar refractivity (Wildman–Crippen MR) is 131 cm³/mol. The van der Waals surface area contributed by atoms with Gasteiger partial charge in [0.05, 0.1) is 36.6 Å². The summed E-state index contributed by atoms with van der Waals surface area (Å²) >= 11 is 0. The number of carbonyl (C=O) groups excluding carboxylic acids is 3. The molecule has 1 aliphatic heterocycles. The molecule has 1 aliphatic carbocycles. The first kappa shape index (κ1) is 24.8. The van der Waals surface area contributed by atoms with Crippen LogP contribution in [0.3, 0.4) is 0 Å². The van der Waals surface area contributed by atoms with Crippen molar-refractivity contribution < 1.29 is 23.9 Å². The molecule has 1 saturated carbocycles. The number of aliphatic hydroxyl groups is 1. The summed E-state index contributed by atoms with van der Waals surface area (Å²) in [5, 5.41) is 25.4. The Kier molecular flexibility index (Phi) is 6.83. The van der Waals surface area contributed by atoms with Crippen LogP contribution in [0.4, 0.5) is 4.39 Å². The first-order valence-electron chi connectivity index (χ1n) is 12.3. The molecule has 3 aromatic rings. The predicted octanol–water partition coefficient (Wildman–Crippen LogP) is 0.951. The topological polar surface area (TPSA) is 156 Å². The average molecular weight is 510 g/mol. The molecule has 37 heavy (non-hydrogen) atoms. The van der Waals surface area contributed by atoms with Crippen molar-refractivity contribution in [2.75, 3.05) is 6.54 Å². The quantitative estimate of drug-likeness (QED) is 0.447. The summed E-state index contributed by atoms with van der Waals surface area (Å²) in [5.74, 6) is -1.74. The highest BCUT2D eigenvalue weighted by atomic mass is 19.1. The molecule has 1 aromatic carbocycles. The van der Waals surface area contributed by atoms with Gasteiger partial charge in [0, 0.05) is 17.4 Å². The standard InChI is InChI=1S/C25H28FN7O4/c26-16-10-20(25(37)30-18-3-1-2-4-21(18)34)32(12-16)22(35)13-33-19-6-5-14(15-7-8-28-29-11-15)9-17(19)23(31-33)24(27)36/h5-9,11,16,18,20-21,34H,1-4,10,12-13H2,(H2,27,36)(H,30,37)/t16-,18?,20+,21+/m1/s1. The molecule has 0 bridgehead atoms. The molecule has 3 heterocycles. The van der Waals surface area contributed by atoms with Gasteiger partial charge in [-0.2, -0.15) is 15.3 Å². The average Bonchev–Trinajstić information content (AvgIpc) is 3.46. The molecule has 2 aliphatic rings. The molecular weight excluding hydrogens is 481 g/mol. The van der Waals surface area contributed by atoms with Crippen molar-refractivity contribution in [2.24, 2.45) is 5.73 Å². The molecule has 4 atom stereocenters. The summed E-state index contributed by atoms with van der Waals surface area (Å²) in [7, 11) is 0. The van der Waals surface area contributed by atoms with E-state index in [1.54, 1.807) is 36.7 Å². The van der Waals surface area contributed by atoms with Gasteiger partial charge in [-0.3, -0.25) is 19.1 Å². The number of primary amides is 1. The molecule has 5 rings (SSSR count). The van der Waals surface area contributed by atoms with E-state index in [4.69, 9.17) is 5.73 Å². The van der Waals surface area contributed by atoms with Gasteiger partial charge in [-0.05, 0) is 36.6 Å². The zero-order chi connectivity index (χ0) is 26.1. The minimum atomic E-state index is -1.34. The number of likely N-dealkylation sites (tertiary alicyclic amines) is 1. The lowest BCUT2D eigenvalue weighted by Crippen LogP contribution is -2.53. The molecule has 11 nitrogen and oxygen atoms in total. The fourth-order valence-corrected chi connectivity index (χ4v) is 5.21. The number of nitrogens with one attached hydrogen (secondary N) is 1. The number of fused-ring (bicyclic) bond motifs is 1. The normalized spacial score (nSPS) is 23.8. The Balaban J connectivity index is 1.38. The summed E-state index contributed by atoms with van der Waals surface area (Å²) in [6.07, 6.45) is 4.02. The second-order valence-electron chi connectivity index (χ2n) is 9.60. The maximum atomic E-state index is 14.4. The van der Waals surface area contributed by atoms with Crippen LogP contribution in [0.5, 0.6) is 0 Å². The Hall–Kier alpha value is -3.93. The van der Waals surface area contributed by atoms with E-state index in [-0.39, 0.29) is 25.2 Å². The van der Waals surface area contributed by atoms with Gasteiger partial charge in [0.2, 0.25) is 11.8 Å². The molecule has 3 amide bonds. The van der Waals surface area contributed by atoms with E-state index >= 15 is 0 Å².